The van der Waals surface area contributed by atoms with E-state index in [4.69, 9.17) is 0 Å². The van der Waals surface area contributed by atoms with E-state index in [-0.39, 0.29) is 17.2 Å². The zero-order chi connectivity index (χ0) is 17.6. The van der Waals surface area contributed by atoms with Crippen LogP contribution >= 0.6 is 0 Å². The van der Waals surface area contributed by atoms with E-state index in [9.17, 15) is 9.59 Å². The summed E-state index contributed by atoms with van der Waals surface area (Å²) in [6, 6.07) is 8.85. The molecule has 5 rings (SSSR count). The Morgan fingerprint density at radius 3 is 2.00 bits per heavy atom. The first-order valence-electron chi connectivity index (χ1n) is 9.54. The van der Waals surface area contributed by atoms with Gasteiger partial charge in [-0.15, -0.1) is 0 Å². The number of carbonyl (C=O) groups is 2. The molecule has 0 saturated heterocycles. The zero-order valence-corrected chi connectivity index (χ0v) is 15.2. The van der Waals surface area contributed by atoms with E-state index in [1.165, 1.54) is 19.3 Å². The topological polar surface area (TPSA) is 49.4 Å². The van der Waals surface area contributed by atoms with Crippen molar-refractivity contribution in [1.29, 1.82) is 0 Å². The number of benzene rings is 1. The van der Waals surface area contributed by atoms with Crippen LogP contribution in [0.15, 0.2) is 30.3 Å². The Kier molecular flexibility index (Phi) is 4.09. The minimum atomic E-state index is -0.399. The van der Waals surface area contributed by atoms with E-state index >= 15 is 0 Å². The number of amides is 2. The molecule has 2 amide bonds. The van der Waals surface area contributed by atoms with Crippen LogP contribution in [-0.4, -0.2) is 36.9 Å². The van der Waals surface area contributed by atoms with Gasteiger partial charge in [0.15, 0.2) is 0 Å². The molecule has 4 fully saturated rings. The highest BCUT2D eigenvalue weighted by Crippen LogP contribution is 2.61. The molecule has 0 spiro atoms. The molecule has 0 aromatic heterocycles. The van der Waals surface area contributed by atoms with Crippen molar-refractivity contribution in [3.05, 3.63) is 35.9 Å². The number of carbonyl (C=O) groups excluding carboxylic acids is 2. The number of rotatable bonds is 4. The van der Waals surface area contributed by atoms with Crippen molar-refractivity contribution >= 4 is 11.8 Å². The number of hydrogen-bond donors (Lipinski definition) is 1. The van der Waals surface area contributed by atoms with Gasteiger partial charge in [-0.1, -0.05) is 18.2 Å². The van der Waals surface area contributed by atoms with E-state index in [1.54, 1.807) is 19.0 Å². The first-order valence-corrected chi connectivity index (χ1v) is 9.54. The van der Waals surface area contributed by atoms with Gasteiger partial charge in [0.1, 0.15) is 6.04 Å². The molecule has 4 aliphatic carbocycles. The van der Waals surface area contributed by atoms with Crippen LogP contribution in [0.4, 0.5) is 0 Å². The molecule has 134 valence electrons. The summed E-state index contributed by atoms with van der Waals surface area (Å²) in [5.41, 5.74) is 0.587. The van der Waals surface area contributed by atoms with Crippen LogP contribution in [0.3, 0.4) is 0 Å². The molecule has 1 N–H and O–H groups in total. The Labute approximate surface area is 150 Å². The second-order valence-corrected chi connectivity index (χ2v) is 8.79. The molecule has 4 heteroatoms. The number of nitrogens with zero attached hydrogens (tertiary/aromatic N) is 1. The predicted octanol–water partition coefficient (Wildman–Crippen LogP) is 3.09. The number of nitrogens with one attached hydrogen (secondary N) is 1. The molecule has 4 nitrogen and oxygen atoms in total. The maximum absolute atomic E-state index is 13.0. The Bertz CT molecular complexity index is 632. The maximum atomic E-state index is 13.0. The van der Waals surface area contributed by atoms with Crippen molar-refractivity contribution in [1.82, 2.24) is 10.2 Å². The van der Waals surface area contributed by atoms with Crippen LogP contribution in [0.25, 0.3) is 0 Å². The van der Waals surface area contributed by atoms with Crippen molar-refractivity contribution in [3.63, 3.8) is 0 Å². The first-order chi connectivity index (χ1) is 12.0. The Balaban J connectivity index is 1.63. The van der Waals surface area contributed by atoms with E-state index in [0.717, 1.165) is 37.0 Å². The standard InChI is InChI=1S/C21H28N2O2/c1-23(2)20(25)18(22-19(24)17-6-4-3-5-7-17)21-11-14-8-15(12-21)10-16(9-14)13-21/h3-7,14-16,18H,8-13H2,1-2H3,(H,22,24)/t14?,15?,16?,18-,21?/m0/s1. The lowest BCUT2D eigenvalue weighted by Gasteiger charge is -2.59. The Hall–Kier alpha value is -1.84. The number of likely N-dealkylation sites (N-methyl/N-ethyl adjacent to an activating group) is 1. The van der Waals surface area contributed by atoms with Crippen molar-refractivity contribution in [2.75, 3.05) is 14.1 Å². The lowest BCUT2D eigenvalue weighted by Crippen LogP contribution is -2.61. The van der Waals surface area contributed by atoms with Gasteiger partial charge in [0.05, 0.1) is 0 Å². The lowest BCUT2D eigenvalue weighted by atomic mass is 9.47. The summed E-state index contributed by atoms with van der Waals surface area (Å²) >= 11 is 0. The third-order valence-corrected chi connectivity index (χ3v) is 6.70. The average molecular weight is 340 g/mol. The normalized spacial score (nSPS) is 33.8. The van der Waals surface area contributed by atoms with Gasteiger partial charge in [0, 0.05) is 25.1 Å². The van der Waals surface area contributed by atoms with E-state index < -0.39 is 6.04 Å². The molecule has 4 saturated carbocycles. The summed E-state index contributed by atoms with van der Waals surface area (Å²) in [7, 11) is 3.59. The quantitative estimate of drug-likeness (QED) is 0.916. The van der Waals surface area contributed by atoms with Crippen molar-refractivity contribution in [2.24, 2.45) is 23.2 Å². The summed E-state index contributed by atoms with van der Waals surface area (Å²) in [5, 5.41) is 3.14. The first kappa shape index (κ1) is 16.6. The van der Waals surface area contributed by atoms with Crippen LogP contribution in [-0.2, 0) is 4.79 Å². The molecule has 1 atom stereocenters. The summed E-state index contributed by atoms with van der Waals surface area (Å²) in [6.45, 7) is 0. The third kappa shape index (κ3) is 2.96. The van der Waals surface area contributed by atoms with Gasteiger partial charge in [0.25, 0.3) is 5.91 Å². The van der Waals surface area contributed by atoms with Crippen LogP contribution in [0.2, 0.25) is 0 Å². The lowest BCUT2D eigenvalue weighted by molar-refractivity contribution is -0.142. The van der Waals surface area contributed by atoms with Crippen LogP contribution in [0, 0.1) is 23.2 Å². The molecular formula is C21H28N2O2. The van der Waals surface area contributed by atoms with E-state index in [0.29, 0.717) is 5.56 Å². The molecular weight excluding hydrogens is 312 g/mol. The zero-order valence-electron chi connectivity index (χ0n) is 15.2. The van der Waals surface area contributed by atoms with Gasteiger partial charge < -0.3 is 10.2 Å². The Morgan fingerprint density at radius 1 is 1.00 bits per heavy atom. The minimum Gasteiger partial charge on any atom is -0.347 e. The molecule has 4 aliphatic rings. The molecule has 1 aromatic carbocycles. The monoisotopic (exact) mass is 340 g/mol. The van der Waals surface area contributed by atoms with Crippen molar-refractivity contribution in [3.8, 4) is 0 Å². The number of hydrogen-bond acceptors (Lipinski definition) is 2. The summed E-state index contributed by atoms with van der Waals surface area (Å²) in [4.78, 5) is 27.5. The van der Waals surface area contributed by atoms with Gasteiger partial charge in [0.2, 0.25) is 5.91 Å². The van der Waals surface area contributed by atoms with E-state index in [2.05, 4.69) is 5.32 Å². The van der Waals surface area contributed by atoms with Crippen LogP contribution < -0.4 is 5.32 Å². The minimum absolute atomic E-state index is 0.0411. The maximum Gasteiger partial charge on any atom is 0.251 e. The highest BCUT2D eigenvalue weighted by atomic mass is 16.2. The summed E-state index contributed by atoms with van der Waals surface area (Å²) in [6.07, 6.45) is 7.27. The molecule has 1 aromatic rings. The van der Waals surface area contributed by atoms with Gasteiger partial charge in [-0.25, -0.2) is 0 Å². The molecule has 0 radical (unpaired) electrons. The largest absolute Gasteiger partial charge is 0.347 e. The van der Waals surface area contributed by atoms with Gasteiger partial charge in [-0.05, 0) is 68.4 Å². The highest BCUT2D eigenvalue weighted by molar-refractivity contribution is 5.97. The van der Waals surface area contributed by atoms with Crippen molar-refractivity contribution in [2.45, 2.75) is 44.6 Å². The molecule has 0 unspecified atom stereocenters. The fraction of sp³-hybridized carbons (Fsp3) is 0.619. The smallest absolute Gasteiger partial charge is 0.251 e. The molecule has 25 heavy (non-hydrogen) atoms. The highest BCUT2D eigenvalue weighted by Gasteiger charge is 2.56. The summed E-state index contributed by atoms with van der Waals surface area (Å²) < 4.78 is 0. The van der Waals surface area contributed by atoms with Crippen LogP contribution in [0.1, 0.15) is 48.9 Å². The SMILES string of the molecule is CN(C)C(=O)[C@H](NC(=O)c1ccccc1)C12CC3CC(CC(C3)C1)C2. The Morgan fingerprint density at radius 2 is 1.52 bits per heavy atom. The van der Waals surface area contributed by atoms with Gasteiger partial charge in [-0.2, -0.15) is 0 Å². The summed E-state index contributed by atoms with van der Waals surface area (Å²) in [5.74, 6) is 2.16. The van der Waals surface area contributed by atoms with Gasteiger partial charge in [-0.3, -0.25) is 9.59 Å². The average Bonchev–Trinajstić information content (AvgIpc) is 2.58. The fourth-order valence-corrected chi connectivity index (χ4v) is 6.07. The molecule has 0 heterocycles. The van der Waals surface area contributed by atoms with Crippen molar-refractivity contribution < 1.29 is 9.59 Å². The second kappa shape index (κ2) is 6.15. The van der Waals surface area contributed by atoms with Gasteiger partial charge >= 0.3 is 0 Å². The fourth-order valence-electron chi connectivity index (χ4n) is 6.07. The predicted molar refractivity (Wildman–Crippen MR) is 97.0 cm³/mol. The molecule has 0 aliphatic heterocycles. The third-order valence-electron chi connectivity index (χ3n) is 6.70. The molecule has 4 bridgehead atoms. The van der Waals surface area contributed by atoms with Crippen LogP contribution in [0.5, 0.6) is 0 Å². The van der Waals surface area contributed by atoms with E-state index in [1.807, 2.05) is 30.3 Å². The second-order valence-electron chi connectivity index (χ2n) is 8.79.